The van der Waals surface area contributed by atoms with E-state index in [-0.39, 0.29) is 5.41 Å². The van der Waals surface area contributed by atoms with E-state index in [2.05, 4.69) is 52.2 Å². The van der Waals surface area contributed by atoms with Crippen molar-refractivity contribution in [3.05, 3.63) is 16.1 Å². The lowest BCUT2D eigenvalue weighted by molar-refractivity contribution is 0.419. The fraction of sp³-hybridized carbons (Fsp3) is 0.812. The van der Waals surface area contributed by atoms with Crippen molar-refractivity contribution >= 4 is 11.3 Å². The van der Waals surface area contributed by atoms with Gasteiger partial charge in [0, 0.05) is 23.3 Å². The van der Waals surface area contributed by atoms with Crippen LogP contribution in [0.1, 0.15) is 65.1 Å². The molecule has 0 bridgehead atoms. The molecule has 1 rings (SSSR count). The normalized spacial score (nSPS) is 15.5. The van der Waals surface area contributed by atoms with E-state index in [0.29, 0.717) is 12.0 Å². The molecule has 0 radical (unpaired) electrons. The van der Waals surface area contributed by atoms with Gasteiger partial charge in [0.2, 0.25) is 0 Å². The molecule has 0 amide bonds. The van der Waals surface area contributed by atoms with E-state index in [1.807, 2.05) is 11.3 Å². The lowest BCUT2D eigenvalue weighted by Gasteiger charge is -2.18. The minimum Gasteiger partial charge on any atom is -0.314 e. The van der Waals surface area contributed by atoms with Crippen molar-refractivity contribution < 1.29 is 0 Å². The van der Waals surface area contributed by atoms with Crippen LogP contribution in [0.5, 0.6) is 0 Å². The molecule has 0 saturated heterocycles. The van der Waals surface area contributed by atoms with Crippen LogP contribution in [0.2, 0.25) is 0 Å². The van der Waals surface area contributed by atoms with Gasteiger partial charge in [-0.2, -0.15) is 0 Å². The van der Waals surface area contributed by atoms with Gasteiger partial charge in [0.15, 0.2) is 0 Å². The van der Waals surface area contributed by atoms with Crippen LogP contribution in [0.3, 0.4) is 0 Å². The van der Waals surface area contributed by atoms with Crippen molar-refractivity contribution in [2.45, 2.75) is 72.3 Å². The van der Waals surface area contributed by atoms with Crippen molar-refractivity contribution in [1.29, 1.82) is 0 Å². The third-order valence-corrected chi connectivity index (χ3v) is 4.21. The van der Waals surface area contributed by atoms with Crippen LogP contribution in [0, 0.1) is 5.92 Å². The highest BCUT2D eigenvalue weighted by Crippen LogP contribution is 2.25. The second-order valence-corrected chi connectivity index (χ2v) is 7.72. The lowest BCUT2D eigenvalue weighted by Crippen LogP contribution is -2.28. The summed E-state index contributed by atoms with van der Waals surface area (Å²) in [7, 11) is 0. The molecule has 19 heavy (non-hydrogen) atoms. The van der Waals surface area contributed by atoms with Crippen LogP contribution in [0.25, 0.3) is 0 Å². The molecule has 0 saturated carbocycles. The first-order chi connectivity index (χ1) is 8.82. The largest absolute Gasteiger partial charge is 0.314 e. The molecule has 2 nitrogen and oxygen atoms in total. The van der Waals surface area contributed by atoms with Gasteiger partial charge in [-0.1, -0.05) is 34.6 Å². The maximum absolute atomic E-state index is 4.79. The SMILES string of the molecule is CCCNC(C)CC(C)Cc1nc(C(C)(C)C)cs1. The first-order valence-corrected chi connectivity index (χ1v) is 8.39. The Morgan fingerprint density at radius 1 is 1.32 bits per heavy atom. The van der Waals surface area contributed by atoms with Gasteiger partial charge in [-0.25, -0.2) is 4.98 Å². The standard InChI is InChI=1S/C16H30N2S/c1-7-8-17-13(3)9-12(2)10-15-18-14(11-19-15)16(4,5)6/h11-13,17H,7-10H2,1-6H3. The van der Waals surface area contributed by atoms with Crippen molar-refractivity contribution in [3.8, 4) is 0 Å². The van der Waals surface area contributed by atoms with Gasteiger partial charge in [-0.15, -0.1) is 11.3 Å². The molecular formula is C16H30N2S. The van der Waals surface area contributed by atoms with E-state index in [0.717, 1.165) is 13.0 Å². The van der Waals surface area contributed by atoms with Crippen LogP contribution in [0.15, 0.2) is 5.38 Å². The zero-order chi connectivity index (χ0) is 14.5. The third kappa shape index (κ3) is 6.05. The van der Waals surface area contributed by atoms with E-state index >= 15 is 0 Å². The minimum atomic E-state index is 0.175. The predicted octanol–water partition coefficient (Wildman–Crippen LogP) is 4.40. The highest BCUT2D eigenvalue weighted by Gasteiger charge is 2.18. The Bertz CT molecular complexity index is 365. The highest BCUT2D eigenvalue weighted by molar-refractivity contribution is 7.09. The number of nitrogens with one attached hydrogen (secondary N) is 1. The Kier molecular flexibility index (Phi) is 6.48. The van der Waals surface area contributed by atoms with E-state index in [1.165, 1.54) is 23.5 Å². The Balaban J connectivity index is 2.44. The van der Waals surface area contributed by atoms with Crippen LogP contribution in [0.4, 0.5) is 0 Å². The zero-order valence-electron chi connectivity index (χ0n) is 13.4. The van der Waals surface area contributed by atoms with Crippen molar-refractivity contribution in [2.24, 2.45) is 5.92 Å². The fourth-order valence-electron chi connectivity index (χ4n) is 2.21. The number of nitrogens with zero attached hydrogens (tertiary/aromatic N) is 1. The summed E-state index contributed by atoms with van der Waals surface area (Å²) in [6, 6.07) is 0.608. The Morgan fingerprint density at radius 3 is 2.53 bits per heavy atom. The Labute approximate surface area is 123 Å². The summed E-state index contributed by atoms with van der Waals surface area (Å²) >= 11 is 1.82. The van der Waals surface area contributed by atoms with Gasteiger partial charge in [0.1, 0.15) is 0 Å². The van der Waals surface area contributed by atoms with Crippen LogP contribution >= 0.6 is 11.3 Å². The summed E-state index contributed by atoms with van der Waals surface area (Å²) in [5.74, 6) is 0.693. The molecule has 0 aliphatic heterocycles. The van der Waals surface area contributed by atoms with Crippen LogP contribution in [-0.4, -0.2) is 17.6 Å². The average molecular weight is 282 g/mol. The van der Waals surface area contributed by atoms with E-state index in [9.17, 15) is 0 Å². The first-order valence-electron chi connectivity index (χ1n) is 7.51. The van der Waals surface area contributed by atoms with E-state index in [4.69, 9.17) is 4.98 Å². The predicted molar refractivity (Wildman–Crippen MR) is 86.1 cm³/mol. The van der Waals surface area contributed by atoms with Gasteiger partial charge in [-0.05, 0) is 32.2 Å². The molecule has 2 atom stereocenters. The second kappa shape index (κ2) is 7.39. The number of hydrogen-bond donors (Lipinski definition) is 1. The van der Waals surface area contributed by atoms with Gasteiger partial charge in [0.05, 0.1) is 10.7 Å². The number of thiazole rings is 1. The molecule has 0 spiro atoms. The lowest BCUT2D eigenvalue weighted by atomic mass is 9.93. The molecule has 1 aromatic heterocycles. The summed E-state index contributed by atoms with van der Waals surface area (Å²) in [5.41, 5.74) is 1.41. The average Bonchev–Trinajstić information content (AvgIpc) is 2.74. The first kappa shape index (κ1) is 16.6. The second-order valence-electron chi connectivity index (χ2n) is 6.78. The molecule has 0 fully saturated rings. The highest BCUT2D eigenvalue weighted by atomic mass is 32.1. The van der Waals surface area contributed by atoms with Gasteiger partial charge >= 0.3 is 0 Å². The maximum atomic E-state index is 4.79. The Morgan fingerprint density at radius 2 is 2.00 bits per heavy atom. The van der Waals surface area contributed by atoms with Crippen LogP contribution in [-0.2, 0) is 11.8 Å². The Hall–Kier alpha value is -0.410. The molecule has 0 aromatic carbocycles. The van der Waals surface area contributed by atoms with Gasteiger partial charge in [-0.3, -0.25) is 0 Å². The number of rotatable bonds is 7. The van der Waals surface area contributed by atoms with Crippen molar-refractivity contribution in [2.75, 3.05) is 6.54 Å². The molecule has 110 valence electrons. The molecule has 1 N–H and O–H groups in total. The molecule has 2 unspecified atom stereocenters. The monoisotopic (exact) mass is 282 g/mol. The summed E-state index contributed by atoms with van der Waals surface area (Å²) in [6.07, 6.45) is 3.55. The maximum Gasteiger partial charge on any atom is 0.0931 e. The molecule has 1 heterocycles. The van der Waals surface area contributed by atoms with Crippen molar-refractivity contribution in [1.82, 2.24) is 10.3 Å². The summed E-state index contributed by atoms with van der Waals surface area (Å²) in [5, 5.41) is 7.08. The number of aromatic nitrogens is 1. The third-order valence-electron chi connectivity index (χ3n) is 3.34. The quantitative estimate of drug-likeness (QED) is 0.802. The van der Waals surface area contributed by atoms with Gasteiger partial charge < -0.3 is 5.32 Å². The minimum absolute atomic E-state index is 0.175. The summed E-state index contributed by atoms with van der Waals surface area (Å²) in [4.78, 5) is 4.79. The fourth-order valence-corrected chi connectivity index (χ4v) is 3.39. The summed E-state index contributed by atoms with van der Waals surface area (Å²) in [6.45, 7) is 14.6. The molecule has 1 aromatic rings. The van der Waals surface area contributed by atoms with E-state index < -0.39 is 0 Å². The molecular weight excluding hydrogens is 252 g/mol. The molecule has 0 aliphatic carbocycles. The zero-order valence-corrected chi connectivity index (χ0v) is 14.2. The molecule has 0 aliphatic rings. The smallest absolute Gasteiger partial charge is 0.0931 e. The van der Waals surface area contributed by atoms with Crippen LogP contribution < -0.4 is 5.32 Å². The van der Waals surface area contributed by atoms with Crippen molar-refractivity contribution in [3.63, 3.8) is 0 Å². The summed E-state index contributed by atoms with van der Waals surface area (Å²) < 4.78 is 0. The van der Waals surface area contributed by atoms with Gasteiger partial charge in [0.25, 0.3) is 0 Å². The van der Waals surface area contributed by atoms with E-state index in [1.54, 1.807) is 0 Å². The number of hydrogen-bond acceptors (Lipinski definition) is 3. The molecule has 3 heteroatoms. The topological polar surface area (TPSA) is 24.9 Å².